The van der Waals surface area contributed by atoms with E-state index in [0.717, 1.165) is 33.7 Å². The van der Waals surface area contributed by atoms with Crippen LogP contribution in [0.4, 0.5) is 10.5 Å². The van der Waals surface area contributed by atoms with Gasteiger partial charge in [-0.3, -0.25) is 9.88 Å². The van der Waals surface area contributed by atoms with E-state index >= 15 is 0 Å². The molecule has 2 aromatic carbocycles. The number of anilines is 1. The van der Waals surface area contributed by atoms with Gasteiger partial charge in [-0.1, -0.05) is 47.6 Å². The molecule has 2 aliphatic carbocycles. The zero-order chi connectivity index (χ0) is 30.8. The molecule has 6 rings (SSSR count). The minimum atomic E-state index is -3.94. The van der Waals surface area contributed by atoms with Gasteiger partial charge >= 0.3 is 6.03 Å². The van der Waals surface area contributed by atoms with Crippen LogP contribution in [0.15, 0.2) is 96.3 Å². The standard InChI is InChI=1S/C34H35N3O6S/c1-23-9-15-28(16-10-23)44(39,40)37-26(19-24-7-5-4-6-8-24)22-36(34(37)38)25-11-13-27(14-12-25)43-31-17-18-35-30-21-33(42-3)32(41-2)20-29(30)31/h4-5,7,9-15,17-18,20-21,26,28H,6,8,16,19,22H2,1-3H3. The largest absolute Gasteiger partial charge is 0.493 e. The van der Waals surface area contributed by atoms with Crippen molar-refractivity contribution in [3.05, 3.63) is 96.3 Å². The molecule has 0 saturated carbocycles. The van der Waals surface area contributed by atoms with Gasteiger partial charge in [0.2, 0.25) is 10.0 Å². The maximum atomic E-state index is 13.9. The van der Waals surface area contributed by atoms with E-state index in [2.05, 4.69) is 11.1 Å². The van der Waals surface area contributed by atoms with E-state index in [1.165, 1.54) is 0 Å². The lowest BCUT2D eigenvalue weighted by atomic mass is 9.98. The summed E-state index contributed by atoms with van der Waals surface area (Å²) in [6.45, 7) is 2.20. The molecular formula is C34H35N3O6S. The molecule has 2 atom stereocenters. The Labute approximate surface area is 257 Å². The summed E-state index contributed by atoms with van der Waals surface area (Å²) >= 11 is 0. The Morgan fingerprint density at radius 2 is 1.80 bits per heavy atom. The Kier molecular flexibility index (Phi) is 8.18. The fourth-order valence-corrected chi connectivity index (χ4v) is 7.66. The van der Waals surface area contributed by atoms with Crippen LogP contribution in [-0.2, 0) is 10.0 Å². The van der Waals surface area contributed by atoms with Gasteiger partial charge in [0.1, 0.15) is 16.7 Å². The first-order valence-corrected chi connectivity index (χ1v) is 16.1. The molecule has 1 saturated heterocycles. The van der Waals surface area contributed by atoms with E-state index in [-0.39, 0.29) is 6.54 Å². The van der Waals surface area contributed by atoms with Crippen LogP contribution in [0.1, 0.15) is 32.6 Å². The van der Waals surface area contributed by atoms with Crippen LogP contribution in [0, 0.1) is 0 Å². The number of aromatic nitrogens is 1. The van der Waals surface area contributed by atoms with Crippen LogP contribution in [0.2, 0.25) is 0 Å². The first-order valence-electron chi connectivity index (χ1n) is 14.6. The molecule has 1 aliphatic heterocycles. The Bertz CT molecular complexity index is 1810. The Balaban J connectivity index is 1.26. The molecule has 3 aromatic rings. The van der Waals surface area contributed by atoms with Gasteiger partial charge in [0.25, 0.3) is 0 Å². The quantitative estimate of drug-likeness (QED) is 0.258. The van der Waals surface area contributed by atoms with Crippen molar-refractivity contribution < 1.29 is 27.4 Å². The van der Waals surface area contributed by atoms with E-state index in [4.69, 9.17) is 14.2 Å². The summed E-state index contributed by atoms with van der Waals surface area (Å²) in [7, 11) is -0.795. The van der Waals surface area contributed by atoms with Gasteiger partial charge < -0.3 is 14.2 Å². The van der Waals surface area contributed by atoms with Crippen LogP contribution >= 0.6 is 0 Å². The van der Waals surface area contributed by atoms with Crippen molar-refractivity contribution in [1.29, 1.82) is 0 Å². The predicted molar refractivity (Wildman–Crippen MR) is 171 cm³/mol. The molecule has 2 unspecified atom stereocenters. The van der Waals surface area contributed by atoms with Crippen molar-refractivity contribution in [1.82, 2.24) is 9.29 Å². The van der Waals surface area contributed by atoms with Crippen molar-refractivity contribution in [2.24, 2.45) is 0 Å². The number of hydrogen-bond donors (Lipinski definition) is 0. The maximum Gasteiger partial charge on any atom is 0.338 e. The fraction of sp³-hybridized carbons (Fsp3) is 0.294. The molecule has 44 heavy (non-hydrogen) atoms. The Morgan fingerprint density at radius 1 is 1.02 bits per heavy atom. The number of methoxy groups -OCH3 is 2. The number of hydrogen-bond acceptors (Lipinski definition) is 7. The second-order valence-electron chi connectivity index (χ2n) is 11.1. The molecular weight excluding hydrogens is 578 g/mol. The number of urea groups is 1. The Morgan fingerprint density at radius 3 is 2.48 bits per heavy atom. The number of pyridine rings is 1. The number of carbonyl (C=O) groups is 1. The molecule has 10 heteroatoms. The zero-order valence-corrected chi connectivity index (χ0v) is 25.8. The summed E-state index contributed by atoms with van der Waals surface area (Å²) in [5.41, 5.74) is 3.45. The number of nitrogens with zero attached hydrogens (tertiary/aromatic N) is 3. The van der Waals surface area contributed by atoms with E-state index in [1.807, 2.05) is 37.3 Å². The summed E-state index contributed by atoms with van der Waals surface area (Å²) in [6, 6.07) is 11.4. The maximum absolute atomic E-state index is 13.9. The van der Waals surface area contributed by atoms with E-state index < -0.39 is 27.3 Å². The van der Waals surface area contributed by atoms with Crippen molar-refractivity contribution in [2.45, 2.75) is 43.9 Å². The molecule has 3 aliphatic rings. The van der Waals surface area contributed by atoms with E-state index in [1.54, 1.807) is 67.8 Å². The molecule has 1 aromatic heterocycles. The number of allylic oxidation sites excluding steroid dienone is 6. The smallest absolute Gasteiger partial charge is 0.338 e. The van der Waals surface area contributed by atoms with Crippen molar-refractivity contribution in [3.63, 3.8) is 0 Å². The third-order valence-corrected chi connectivity index (χ3v) is 10.3. The lowest BCUT2D eigenvalue weighted by Gasteiger charge is -2.28. The van der Waals surface area contributed by atoms with Crippen LogP contribution in [0.5, 0.6) is 23.0 Å². The molecule has 0 radical (unpaired) electrons. The molecule has 1 fully saturated rings. The molecule has 0 N–H and O–H groups in total. The molecule has 2 amide bonds. The van der Waals surface area contributed by atoms with Gasteiger partial charge in [-0.2, -0.15) is 0 Å². The number of sulfonamides is 1. The normalized spacial score (nSPS) is 20.1. The Hall–Kier alpha value is -4.57. The number of amides is 2. The average Bonchev–Trinajstić information content (AvgIpc) is 3.37. The third kappa shape index (κ3) is 5.69. The first kappa shape index (κ1) is 29.5. The lowest BCUT2D eigenvalue weighted by molar-refractivity contribution is 0.233. The molecule has 0 spiro atoms. The molecule has 2 heterocycles. The van der Waals surface area contributed by atoms with Crippen LogP contribution in [-0.4, -0.2) is 55.8 Å². The summed E-state index contributed by atoms with van der Waals surface area (Å²) in [6.07, 6.45) is 15.8. The average molecular weight is 614 g/mol. The molecule has 228 valence electrons. The molecule has 9 nitrogen and oxygen atoms in total. The summed E-state index contributed by atoms with van der Waals surface area (Å²) in [5, 5.41) is -0.0244. The highest BCUT2D eigenvalue weighted by Crippen LogP contribution is 2.38. The van der Waals surface area contributed by atoms with Crippen LogP contribution in [0.25, 0.3) is 10.9 Å². The van der Waals surface area contributed by atoms with Crippen molar-refractivity contribution >= 4 is 32.6 Å². The number of ether oxygens (including phenoxy) is 3. The highest BCUT2D eigenvalue weighted by Gasteiger charge is 2.47. The van der Waals surface area contributed by atoms with Gasteiger partial charge in [0.15, 0.2) is 11.5 Å². The highest BCUT2D eigenvalue weighted by atomic mass is 32.2. The van der Waals surface area contributed by atoms with Gasteiger partial charge in [-0.05, 0) is 69.0 Å². The first-order chi connectivity index (χ1) is 21.3. The van der Waals surface area contributed by atoms with Crippen molar-refractivity contribution in [3.8, 4) is 23.0 Å². The topological polar surface area (TPSA) is 98.3 Å². The molecule has 0 bridgehead atoms. The lowest BCUT2D eigenvalue weighted by Crippen LogP contribution is -2.45. The number of rotatable bonds is 9. The minimum absolute atomic E-state index is 0.265. The van der Waals surface area contributed by atoms with Crippen LogP contribution in [0.3, 0.4) is 0 Å². The van der Waals surface area contributed by atoms with Gasteiger partial charge in [-0.25, -0.2) is 17.5 Å². The summed E-state index contributed by atoms with van der Waals surface area (Å²) in [5.74, 6) is 2.26. The summed E-state index contributed by atoms with van der Waals surface area (Å²) < 4.78 is 46.0. The monoisotopic (exact) mass is 613 g/mol. The van der Waals surface area contributed by atoms with Gasteiger partial charge in [0, 0.05) is 29.9 Å². The number of carbonyl (C=O) groups excluding carboxylic acids is 1. The van der Waals surface area contributed by atoms with Crippen LogP contribution < -0.4 is 19.1 Å². The SMILES string of the molecule is COc1cc2nccc(Oc3ccc(N4CC(CC5=CC=CCC5)N(S(=O)(=O)C5C=CC(C)=CC5)C4=O)cc3)c2cc1OC. The van der Waals surface area contributed by atoms with Gasteiger partial charge in [0.05, 0.1) is 25.8 Å². The number of benzene rings is 2. The zero-order valence-electron chi connectivity index (χ0n) is 25.0. The summed E-state index contributed by atoms with van der Waals surface area (Å²) in [4.78, 5) is 19.9. The van der Waals surface area contributed by atoms with Gasteiger partial charge in [-0.15, -0.1) is 0 Å². The van der Waals surface area contributed by atoms with E-state index in [0.29, 0.717) is 47.0 Å². The predicted octanol–water partition coefficient (Wildman–Crippen LogP) is 6.93. The second kappa shape index (κ2) is 12.2. The van der Waals surface area contributed by atoms with E-state index in [9.17, 15) is 13.2 Å². The highest BCUT2D eigenvalue weighted by molar-refractivity contribution is 7.90. The second-order valence-corrected chi connectivity index (χ2v) is 13.1. The van der Waals surface area contributed by atoms with Crippen molar-refractivity contribution in [2.75, 3.05) is 25.7 Å². The minimum Gasteiger partial charge on any atom is -0.493 e. The fourth-order valence-electron chi connectivity index (χ4n) is 5.88. The third-order valence-electron chi connectivity index (χ3n) is 8.23. The number of fused-ring (bicyclic) bond motifs is 1.